The zero-order chi connectivity index (χ0) is 14.0. The van der Waals surface area contributed by atoms with E-state index in [-0.39, 0.29) is 5.56 Å². The highest BCUT2D eigenvalue weighted by molar-refractivity contribution is 5.66. The molecule has 19 heavy (non-hydrogen) atoms. The van der Waals surface area contributed by atoms with E-state index in [1.807, 2.05) is 0 Å². The van der Waals surface area contributed by atoms with Crippen LogP contribution in [0.3, 0.4) is 0 Å². The molecule has 0 bridgehead atoms. The van der Waals surface area contributed by atoms with Gasteiger partial charge in [0.1, 0.15) is 11.6 Å². The molecule has 0 amide bonds. The van der Waals surface area contributed by atoms with Crippen LogP contribution in [0.5, 0.6) is 0 Å². The van der Waals surface area contributed by atoms with E-state index in [0.29, 0.717) is 17.9 Å². The van der Waals surface area contributed by atoms with E-state index >= 15 is 0 Å². The molecule has 102 valence electrons. The van der Waals surface area contributed by atoms with Crippen LogP contribution < -0.4 is 5.32 Å². The molecule has 0 saturated heterocycles. The maximum absolute atomic E-state index is 13.2. The van der Waals surface area contributed by atoms with Crippen molar-refractivity contribution in [2.24, 2.45) is 0 Å². The zero-order valence-electron chi connectivity index (χ0n) is 10.0. The number of rotatable bonds is 3. The molecule has 0 aliphatic rings. The third kappa shape index (κ3) is 2.78. The van der Waals surface area contributed by atoms with E-state index in [2.05, 4.69) is 5.32 Å². The Morgan fingerprint density at radius 2 is 1.95 bits per heavy atom. The van der Waals surface area contributed by atoms with Gasteiger partial charge in [0, 0.05) is 5.56 Å². The molecule has 0 radical (unpaired) electrons. The summed E-state index contributed by atoms with van der Waals surface area (Å²) in [6.45, 7) is 0.376. The van der Waals surface area contributed by atoms with Crippen LogP contribution in [0.4, 0.5) is 17.6 Å². The first-order valence-electron chi connectivity index (χ1n) is 5.51. The Kier molecular flexibility index (Phi) is 3.61. The molecule has 1 N–H and O–H groups in total. The maximum Gasteiger partial charge on any atom is 0.419 e. The second kappa shape index (κ2) is 5.05. The lowest BCUT2D eigenvalue weighted by molar-refractivity contribution is -0.139. The Labute approximate surface area is 107 Å². The van der Waals surface area contributed by atoms with Crippen LogP contribution in [0.1, 0.15) is 11.3 Å². The van der Waals surface area contributed by atoms with Crippen molar-refractivity contribution in [3.8, 4) is 11.1 Å². The van der Waals surface area contributed by atoms with Crippen molar-refractivity contribution in [3.05, 3.63) is 47.7 Å². The zero-order valence-corrected chi connectivity index (χ0v) is 10.0. The van der Waals surface area contributed by atoms with E-state index in [9.17, 15) is 17.6 Å². The molecule has 0 fully saturated rings. The van der Waals surface area contributed by atoms with Gasteiger partial charge in [0.25, 0.3) is 0 Å². The molecule has 1 aromatic carbocycles. The van der Waals surface area contributed by atoms with Crippen molar-refractivity contribution in [2.45, 2.75) is 12.7 Å². The van der Waals surface area contributed by atoms with Gasteiger partial charge in [-0.15, -0.1) is 0 Å². The molecule has 2 aromatic rings. The molecule has 0 saturated carbocycles. The van der Waals surface area contributed by atoms with E-state index in [0.717, 1.165) is 12.1 Å². The monoisotopic (exact) mass is 273 g/mol. The number of benzene rings is 1. The van der Waals surface area contributed by atoms with E-state index in [1.54, 1.807) is 13.1 Å². The average Bonchev–Trinajstić information content (AvgIpc) is 2.77. The number of halogens is 4. The topological polar surface area (TPSA) is 25.2 Å². The van der Waals surface area contributed by atoms with Crippen LogP contribution in [0.2, 0.25) is 0 Å². The van der Waals surface area contributed by atoms with Crippen molar-refractivity contribution >= 4 is 0 Å². The summed E-state index contributed by atoms with van der Waals surface area (Å²) in [5.41, 5.74) is -0.491. The number of nitrogens with one attached hydrogen (secondary N) is 1. The molecule has 2 nitrogen and oxygen atoms in total. The summed E-state index contributed by atoms with van der Waals surface area (Å²) >= 11 is 0. The molecular formula is C13H11F4NO. The van der Waals surface area contributed by atoms with Crippen LogP contribution >= 0.6 is 0 Å². The summed E-state index contributed by atoms with van der Waals surface area (Å²) in [7, 11) is 1.69. The van der Waals surface area contributed by atoms with Gasteiger partial charge in [-0.2, -0.15) is 13.2 Å². The number of alkyl halides is 3. The Hall–Kier alpha value is -1.82. The summed E-state index contributed by atoms with van der Waals surface area (Å²) in [5.74, 6) is -0.780. The van der Waals surface area contributed by atoms with Crippen molar-refractivity contribution in [3.63, 3.8) is 0 Å². The largest absolute Gasteiger partial charge is 0.467 e. The highest BCUT2D eigenvalue weighted by Gasteiger charge is 2.34. The van der Waals surface area contributed by atoms with Crippen LogP contribution in [-0.4, -0.2) is 7.05 Å². The van der Waals surface area contributed by atoms with Gasteiger partial charge in [-0.25, -0.2) is 4.39 Å². The number of hydrogen-bond acceptors (Lipinski definition) is 2. The summed E-state index contributed by atoms with van der Waals surface area (Å²) < 4.78 is 56.3. The smallest absolute Gasteiger partial charge is 0.419 e. The molecule has 1 heterocycles. The predicted octanol–water partition coefficient (Wildman–Crippen LogP) is 3.82. The lowest BCUT2D eigenvalue weighted by atomic mass is 10.0. The molecular weight excluding hydrogens is 262 g/mol. The molecule has 0 aliphatic carbocycles. The highest BCUT2D eigenvalue weighted by Crippen LogP contribution is 2.35. The Balaban J connectivity index is 2.49. The van der Waals surface area contributed by atoms with Crippen molar-refractivity contribution in [1.29, 1.82) is 0 Å². The van der Waals surface area contributed by atoms with Crippen molar-refractivity contribution in [1.82, 2.24) is 5.32 Å². The Bertz CT molecular complexity index is 574. The molecule has 0 aliphatic heterocycles. The molecule has 2 rings (SSSR count). The average molecular weight is 273 g/mol. The van der Waals surface area contributed by atoms with Gasteiger partial charge in [-0.3, -0.25) is 0 Å². The van der Waals surface area contributed by atoms with E-state index in [4.69, 9.17) is 4.42 Å². The van der Waals surface area contributed by atoms with E-state index in [1.165, 1.54) is 12.3 Å². The normalized spacial score (nSPS) is 11.8. The fourth-order valence-corrected chi connectivity index (χ4v) is 1.81. The third-order valence-corrected chi connectivity index (χ3v) is 2.67. The Morgan fingerprint density at radius 3 is 2.58 bits per heavy atom. The highest BCUT2D eigenvalue weighted by atomic mass is 19.4. The molecule has 6 heteroatoms. The van der Waals surface area contributed by atoms with Gasteiger partial charge >= 0.3 is 6.18 Å². The van der Waals surface area contributed by atoms with Gasteiger partial charge in [0.15, 0.2) is 0 Å². The number of hydrogen-bond donors (Lipinski definition) is 1. The van der Waals surface area contributed by atoms with Gasteiger partial charge in [0.2, 0.25) is 0 Å². The van der Waals surface area contributed by atoms with Crippen LogP contribution in [0, 0.1) is 5.82 Å². The minimum atomic E-state index is -4.72. The van der Waals surface area contributed by atoms with Crippen LogP contribution in [-0.2, 0) is 12.7 Å². The van der Waals surface area contributed by atoms with Crippen molar-refractivity contribution in [2.75, 3.05) is 7.05 Å². The summed E-state index contributed by atoms with van der Waals surface area (Å²) in [4.78, 5) is 0. The van der Waals surface area contributed by atoms with Crippen LogP contribution in [0.15, 0.2) is 34.9 Å². The van der Waals surface area contributed by atoms with Gasteiger partial charge in [-0.05, 0) is 30.8 Å². The second-order valence-electron chi connectivity index (χ2n) is 3.98. The second-order valence-corrected chi connectivity index (χ2v) is 3.98. The minimum absolute atomic E-state index is 0.271. The predicted molar refractivity (Wildman–Crippen MR) is 61.9 cm³/mol. The summed E-state index contributed by atoms with van der Waals surface area (Å²) in [5, 5.41) is 2.85. The fourth-order valence-electron chi connectivity index (χ4n) is 1.81. The standard InChI is InChI=1S/C13H11F4NO/c1-18-7-12-9(4-5-19-12)8-2-3-11(14)10(6-8)13(15,16)17/h2-6,18H,7H2,1H3. The summed E-state index contributed by atoms with van der Waals surface area (Å²) in [6, 6.07) is 4.46. The van der Waals surface area contributed by atoms with E-state index < -0.39 is 17.6 Å². The molecule has 1 aromatic heterocycles. The first-order chi connectivity index (χ1) is 8.93. The van der Waals surface area contributed by atoms with Gasteiger partial charge < -0.3 is 9.73 Å². The lowest BCUT2D eigenvalue weighted by Crippen LogP contribution is -2.08. The molecule has 0 atom stereocenters. The maximum atomic E-state index is 13.2. The van der Waals surface area contributed by atoms with Crippen LogP contribution in [0.25, 0.3) is 11.1 Å². The fraction of sp³-hybridized carbons (Fsp3) is 0.231. The van der Waals surface area contributed by atoms with Crippen molar-refractivity contribution < 1.29 is 22.0 Å². The first kappa shape index (κ1) is 13.6. The molecule has 0 unspecified atom stereocenters. The Morgan fingerprint density at radius 1 is 1.21 bits per heavy atom. The lowest BCUT2D eigenvalue weighted by Gasteiger charge is -2.10. The SMILES string of the molecule is CNCc1occc1-c1ccc(F)c(C(F)(F)F)c1. The molecule has 0 spiro atoms. The first-order valence-corrected chi connectivity index (χ1v) is 5.51. The third-order valence-electron chi connectivity index (χ3n) is 2.67. The minimum Gasteiger partial charge on any atom is -0.467 e. The number of furan rings is 1. The quantitative estimate of drug-likeness (QED) is 0.860. The van der Waals surface area contributed by atoms with Gasteiger partial charge in [-0.1, -0.05) is 6.07 Å². The summed E-state index contributed by atoms with van der Waals surface area (Å²) in [6.07, 6.45) is -3.33. The van der Waals surface area contributed by atoms with Gasteiger partial charge in [0.05, 0.1) is 18.4 Å².